The Bertz CT molecular complexity index is 1100. The summed E-state index contributed by atoms with van der Waals surface area (Å²) in [6.45, 7) is 3.39. The van der Waals surface area contributed by atoms with Crippen LogP contribution in [-0.4, -0.2) is 22.2 Å². The second kappa shape index (κ2) is 9.22. The molecule has 3 rings (SSSR count). The van der Waals surface area contributed by atoms with Crippen LogP contribution in [0.2, 0.25) is 0 Å². The van der Waals surface area contributed by atoms with Crippen molar-refractivity contribution >= 4 is 5.91 Å². The molecule has 1 aromatic carbocycles. The summed E-state index contributed by atoms with van der Waals surface area (Å²) in [7, 11) is 0. The van der Waals surface area contributed by atoms with Crippen LogP contribution in [0.1, 0.15) is 35.7 Å². The van der Waals surface area contributed by atoms with Gasteiger partial charge in [-0.2, -0.15) is 13.2 Å². The third-order valence-electron chi connectivity index (χ3n) is 4.34. The molecule has 31 heavy (non-hydrogen) atoms. The fraction of sp³-hybridized carbons (Fsp3) is 0.190. The van der Waals surface area contributed by atoms with Crippen molar-refractivity contribution in [1.29, 1.82) is 0 Å². The quantitative estimate of drug-likeness (QED) is 0.219. The van der Waals surface area contributed by atoms with Gasteiger partial charge in [-0.15, -0.1) is 12.1 Å². The maximum atomic E-state index is 14.1. The maximum Gasteiger partial charge on any atom is 2.00 e. The molecule has 0 aliphatic heterocycles. The van der Waals surface area contributed by atoms with Gasteiger partial charge in [0.15, 0.2) is 0 Å². The maximum absolute atomic E-state index is 14.1. The van der Waals surface area contributed by atoms with Crippen LogP contribution in [0.3, 0.4) is 0 Å². The molecule has 0 aliphatic carbocycles. The first-order valence-corrected chi connectivity index (χ1v) is 8.63. The Balaban J connectivity index is 0.00000341. The molecule has 0 atom stereocenters. The normalized spacial score (nSPS) is 11.6. The molecule has 10 heteroatoms. The van der Waals surface area contributed by atoms with Crippen LogP contribution in [-0.2, 0) is 26.5 Å². The molecule has 0 radical (unpaired) electrons. The first-order chi connectivity index (χ1) is 14.0. The number of hydrogen-bond acceptors (Lipinski definition) is 3. The van der Waals surface area contributed by atoms with Gasteiger partial charge < -0.3 is 15.1 Å². The Hall–Kier alpha value is -2.67. The van der Waals surface area contributed by atoms with Crippen molar-refractivity contribution in [3.63, 3.8) is 0 Å². The van der Waals surface area contributed by atoms with E-state index in [1.807, 2.05) is 0 Å². The van der Waals surface area contributed by atoms with E-state index in [9.17, 15) is 26.7 Å². The van der Waals surface area contributed by atoms with E-state index >= 15 is 0 Å². The first-order valence-electron chi connectivity index (χ1n) is 8.63. The van der Waals surface area contributed by atoms with Crippen molar-refractivity contribution in [3.05, 3.63) is 88.6 Å². The predicted molar refractivity (Wildman–Crippen MR) is 98.5 cm³/mol. The third kappa shape index (κ3) is 5.73. The number of alkyl halides is 3. The number of hydrogen-bond donors (Lipinski definition) is 0. The van der Waals surface area contributed by atoms with Gasteiger partial charge in [-0.3, -0.25) is 13.8 Å². The zero-order valence-electron chi connectivity index (χ0n) is 16.1. The molecule has 0 saturated carbocycles. The first kappa shape index (κ1) is 24.6. The number of benzene rings is 1. The van der Waals surface area contributed by atoms with E-state index in [0.717, 1.165) is 12.1 Å². The Morgan fingerprint density at radius 3 is 2.23 bits per heavy atom. The summed E-state index contributed by atoms with van der Waals surface area (Å²) in [4.78, 5) is 20.2. The van der Waals surface area contributed by atoms with Crippen LogP contribution < -0.4 is 0 Å². The van der Waals surface area contributed by atoms with E-state index in [-0.39, 0.29) is 38.0 Å². The predicted octanol–water partition coefficient (Wildman–Crippen LogP) is 5.58. The van der Waals surface area contributed by atoms with Gasteiger partial charge in [0.05, 0.1) is 11.4 Å². The standard InChI is InChI=1S/C21H15F5N3O.Pt/c1-20(2,18-8-4-6-16(28-18)19(30)29-21(24,25)26)17-7-3-5-15(27-17)13-10-9-12(22)11-14(13)23;/h3-9,11H,1-2H3,(H,29,30);/q-1;+2/p-1. The number of nitrogens with zero attached hydrogens (tertiary/aromatic N) is 3. The number of amides is 1. The number of carbonyl (C=O) groups is 1. The van der Waals surface area contributed by atoms with Gasteiger partial charge >= 0.3 is 27.4 Å². The van der Waals surface area contributed by atoms with Gasteiger partial charge in [-0.25, -0.2) is 0 Å². The molecule has 0 saturated heterocycles. The van der Waals surface area contributed by atoms with Crippen LogP contribution in [0.15, 0.2) is 48.5 Å². The molecular formula is C21H14F5N3OPt. The van der Waals surface area contributed by atoms with E-state index in [1.54, 1.807) is 26.0 Å². The molecule has 164 valence electrons. The fourth-order valence-corrected chi connectivity index (χ4v) is 2.77. The summed E-state index contributed by atoms with van der Waals surface area (Å²) in [5.41, 5.74) is -0.596. The minimum Gasteiger partial charge on any atom is -0.560 e. The summed E-state index contributed by atoms with van der Waals surface area (Å²) in [6.07, 6.45) is -5.00. The van der Waals surface area contributed by atoms with Gasteiger partial charge in [0, 0.05) is 22.7 Å². The molecule has 0 unspecified atom stereocenters. The van der Waals surface area contributed by atoms with Crippen molar-refractivity contribution < 1.29 is 47.8 Å². The summed E-state index contributed by atoms with van der Waals surface area (Å²) in [6, 6.07) is 13.0. The molecule has 4 nitrogen and oxygen atoms in total. The molecular weight excluding hydrogens is 600 g/mol. The SMILES string of the molecule is CC(C)(c1cccc(C(=O)[N-]C(F)(F)F)n1)c1cccc(-c2[c-]cc(F)cc2F)n1.[Pt+2]. The Labute approximate surface area is 189 Å². The number of pyridine rings is 2. The number of halogens is 5. The van der Waals surface area contributed by atoms with Crippen LogP contribution >= 0.6 is 0 Å². The zero-order valence-corrected chi connectivity index (χ0v) is 18.3. The molecule has 3 aromatic rings. The van der Waals surface area contributed by atoms with Crippen molar-refractivity contribution in [3.8, 4) is 11.3 Å². The number of aromatic nitrogens is 2. The topological polar surface area (TPSA) is 57.0 Å². The van der Waals surface area contributed by atoms with Crippen LogP contribution in [0.4, 0.5) is 22.0 Å². The van der Waals surface area contributed by atoms with Gasteiger partial charge in [-0.05, 0) is 37.7 Å². The van der Waals surface area contributed by atoms with E-state index in [0.29, 0.717) is 11.8 Å². The summed E-state index contributed by atoms with van der Waals surface area (Å²) in [5, 5.41) is 2.15. The Kier molecular flexibility index (Phi) is 7.32. The molecule has 0 aliphatic rings. The third-order valence-corrected chi connectivity index (χ3v) is 4.34. The fourth-order valence-electron chi connectivity index (χ4n) is 2.77. The smallest absolute Gasteiger partial charge is 0.560 e. The molecule has 0 N–H and O–H groups in total. The summed E-state index contributed by atoms with van der Waals surface area (Å²) < 4.78 is 64.4. The van der Waals surface area contributed by atoms with E-state index in [2.05, 4.69) is 21.4 Å². The molecule has 0 bridgehead atoms. The number of carbonyl (C=O) groups excluding carboxylic acids is 1. The van der Waals surface area contributed by atoms with E-state index < -0.39 is 35.0 Å². The Morgan fingerprint density at radius 2 is 1.61 bits per heavy atom. The van der Waals surface area contributed by atoms with Gasteiger partial charge in [-0.1, -0.05) is 29.8 Å². The average molecular weight is 614 g/mol. The van der Waals surface area contributed by atoms with Crippen LogP contribution in [0.25, 0.3) is 16.6 Å². The van der Waals surface area contributed by atoms with Crippen molar-refractivity contribution in [2.75, 3.05) is 0 Å². The van der Waals surface area contributed by atoms with Gasteiger partial charge in [0.2, 0.25) is 0 Å². The van der Waals surface area contributed by atoms with E-state index in [4.69, 9.17) is 0 Å². The molecule has 0 fully saturated rings. The van der Waals surface area contributed by atoms with E-state index in [1.165, 1.54) is 18.2 Å². The largest absolute Gasteiger partial charge is 2.00 e. The minimum atomic E-state index is -5.00. The molecule has 2 aromatic heterocycles. The summed E-state index contributed by atoms with van der Waals surface area (Å²) >= 11 is 0. The van der Waals surface area contributed by atoms with Gasteiger partial charge in [0.25, 0.3) is 0 Å². The molecule has 2 heterocycles. The Morgan fingerprint density at radius 1 is 1.00 bits per heavy atom. The van der Waals surface area contributed by atoms with Crippen LogP contribution in [0.5, 0.6) is 0 Å². The van der Waals surface area contributed by atoms with Gasteiger partial charge in [0.1, 0.15) is 5.91 Å². The van der Waals surface area contributed by atoms with Crippen molar-refractivity contribution in [2.45, 2.75) is 25.6 Å². The van der Waals surface area contributed by atoms with Crippen LogP contribution in [0, 0.1) is 17.7 Å². The average Bonchev–Trinajstić information content (AvgIpc) is 2.67. The van der Waals surface area contributed by atoms with Crippen molar-refractivity contribution in [1.82, 2.24) is 9.97 Å². The number of rotatable bonds is 4. The summed E-state index contributed by atoms with van der Waals surface area (Å²) in [5.74, 6) is -3.12. The second-order valence-electron chi connectivity index (χ2n) is 6.87. The molecule has 0 spiro atoms. The zero-order chi connectivity index (χ0) is 22.1. The molecule has 1 amide bonds. The minimum absolute atomic E-state index is 0. The van der Waals surface area contributed by atoms with Crippen molar-refractivity contribution in [2.24, 2.45) is 0 Å². The second-order valence-corrected chi connectivity index (χ2v) is 6.87. The monoisotopic (exact) mass is 614 g/mol.